The highest BCUT2D eigenvalue weighted by Crippen LogP contribution is 2.24. The normalized spacial score (nSPS) is 10.1. The SMILES string of the molecule is COC(=O)Cn1nc(C(N)=O)c2ccc(OCC#N)cc21. The molecule has 2 N–H and O–H groups in total. The Morgan fingerprint density at radius 3 is 2.86 bits per heavy atom. The lowest BCUT2D eigenvalue weighted by Gasteiger charge is -2.04. The third-order valence-corrected chi connectivity index (χ3v) is 2.77. The van der Waals surface area contributed by atoms with Gasteiger partial charge in [0.15, 0.2) is 12.3 Å². The number of esters is 1. The second-order valence-corrected chi connectivity index (χ2v) is 4.07. The molecular formula is C13H12N4O4. The van der Waals surface area contributed by atoms with E-state index in [0.717, 1.165) is 0 Å². The molecule has 1 amide bonds. The molecule has 0 aliphatic heterocycles. The van der Waals surface area contributed by atoms with E-state index in [2.05, 4.69) is 9.84 Å². The maximum atomic E-state index is 11.4. The molecule has 0 spiro atoms. The molecule has 2 aromatic rings. The second-order valence-electron chi connectivity index (χ2n) is 4.07. The fraction of sp³-hybridized carbons (Fsp3) is 0.231. The number of primary amides is 1. The van der Waals surface area contributed by atoms with Gasteiger partial charge in [0.1, 0.15) is 18.4 Å². The quantitative estimate of drug-likeness (QED) is 0.785. The molecule has 8 heteroatoms. The van der Waals surface area contributed by atoms with Crippen LogP contribution in [0.3, 0.4) is 0 Å². The summed E-state index contributed by atoms with van der Waals surface area (Å²) in [5.74, 6) is -0.792. The molecule has 1 heterocycles. The van der Waals surface area contributed by atoms with Crippen molar-refractivity contribution < 1.29 is 19.1 Å². The Labute approximate surface area is 119 Å². The second kappa shape index (κ2) is 5.92. The average molecular weight is 288 g/mol. The van der Waals surface area contributed by atoms with Gasteiger partial charge in [-0.25, -0.2) is 0 Å². The molecule has 0 aliphatic rings. The highest BCUT2D eigenvalue weighted by molar-refractivity contribution is 6.04. The van der Waals surface area contributed by atoms with Crippen LogP contribution in [0.5, 0.6) is 5.75 Å². The molecule has 0 radical (unpaired) electrons. The number of aromatic nitrogens is 2. The summed E-state index contributed by atoms with van der Waals surface area (Å²) in [5, 5.41) is 13.0. The Hall–Kier alpha value is -3.08. The third kappa shape index (κ3) is 2.92. The molecule has 1 aromatic carbocycles. The number of carbonyl (C=O) groups is 2. The zero-order valence-electron chi connectivity index (χ0n) is 11.2. The first-order valence-electron chi connectivity index (χ1n) is 5.93. The van der Waals surface area contributed by atoms with Gasteiger partial charge in [0, 0.05) is 11.5 Å². The smallest absolute Gasteiger partial charge is 0.327 e. The van der Waals surface area contributed by atoms with Crippen molar-refractivity contribution in [3.8, 4) is 11.8 Å². The zero-order valence-corrected chi connectivity index (χ0v) is 11.2. The number of nitrogens with zero attached hydrogens (tertiary/aromatic N) is 3. The topological polar surface area (TPSA) is 120 Å². The van der Waals surface area contributed by atoms with Gasteiger partial charge in [-0.2, -0.15) is 10.4 Å². The van der Waals surface area contributed by atoms with Gasteiger partial charge in [0.25, 0.3) is 5.91 Å². The van der Waals surface area contributed by atoms with Crippen LogP contribution < -0.4 is 10.5 Å². The number of benzene rings is 1. The van der Waals surface area contributed by atoms with E-state index in [1.54, 1.807) is 18.2 Å². The van der Waals surface area contributed by atoms with Crippen molar-refractivity contribution in [2.45, 2.75) is 6.54 Å². The highest BCUT2D eigenvalue weighted by atomic mass is 16.5. The number of rotatable bonds is 5. The van der Waals surface area contributed by atoms with E-state index in [4.69, 9.17) is 15.7 Å². The van der Waals surface area contributed by atoms with E-state index in [0.29, 0.717) is 16.7 Å². The van der Waals surface area contributed by atoms with Gasteiger partial charge in [-0.3, -0.25) is 14.3 Å². The van der Waals surface area contributed by atoms with Gasteiger partial charge < -0.3 is 15.2 Å². The predicted molar refractivity (Wildman–Crippen MR) is 71.4 cm³/mol. The van der Waals surface area contributed by atoms with Crippen LogP contribution in [0.25, 0.3) is 10.9 Å². The number of ether oxygens (including phenoxy) is 2. The van der Waals surface area contributed by atoms with Crippen molar-refractivity contribution in [1.29, 1.82) is 5.26 Å². The number of nitriles is 1. The average Bonchev–Trinajstić information content (AvgIpc) is 2.83. The van der Waals surface area contributed by atoms with Crippen molar-refractivity contribution in [2.24, 2.45) is 5.73 Å². The minimum Gasteiger partial charge on any atom is -0.479 e. The van der Waals surface area contributed by atoms with Crippen LogP contribution in [0, 0.1) is 11.3 Å². The van der Waals surface area contributed by atoms with E-state index < -0.39 is 11.9 Å². The van der Waals surface area contributed by atoms with Gasteiger partial charge >= 0.3 is 5.97 Å². The van der Waals surface area contributed by atoms with Gasteiger partial charge in [-0.05, 0) is 12.1 Å². The fourth-order valence-corrected chi connectivity index (χ4v) is 1.85. The molecule has 1 aromatic heterocycles. The predicted octanol–water partition coefficient (Wildman–Crippen LogP) is 0.211. The minimum absolute atomic E-state index is 0.0562. The van der Waals surface area contributed by atoms with Crippen LogP contribution in [-0.4, -0.2) is 35.4 Å². The molecule has 0 atom stereocenters. The van der Waals surface area contributed by atoms with E-state index in [9.17, 15) is 9.59 Å². The van der Waals surface area contributed by atoms with Crippen molar-refractivity contribution in [3.63, 3.8) is 0 Å². The molecule has 0 unspecified atom stereocenters. The summed E-state index contributed by atoms with van der Waals surface area (Å²) in [6.45, 7) is -0.276. The van der Waals surface area contributed by atoms with Gasteiger partial charge in [-0.1, -0.05) is 0 Å². The lowest BCUT2D eigenvalue weighted by Crippen LogP contribution is -2.15. The van der Waals surface area contributed by atoms with E-state index in [1.807, 2.05) is 6.07 Å². The maximum absolute atomic E-state index is 11.4. The van der Waals surface area contributed by atoms with Crippen LogP contribution in [0.1, 0.15) is 10.5 Å². The molecule has 0 fully saturated rings. The molecular weight excluding hydrogens is 276 g/mol. The first kappa shape index (κ1) is 14.3. The van der Waals surface area contributed by atoms with Crippen LogP contribution in [0.2, 0.25) is 0 Å². The van der Waals surface area contributed by atoms with Gasteiger partial charge in [0.2, 0.25) is 0 Å². The summed E-state index contributed by atoms with van der Waals surface area (Å²) < 4.78 is 11.1. The van der Waals surface area contributed by atoms with Crippen molar-refractivity contribution >= 4 is 22.8 Å². The molecule has 0 saturated carbocycles. The Morgan fingerprint density at radius 1 is 1.48 bits per heavy atom. The maximum Gasteiger partial charge on any atom is 0.327 e. The molecule has 0 aliphatic carbocycles. The lowest BCUT2D eigenvalue weighted by molar-refractivity contribution is -0.141. The fourth-order valence-electron chi connectivity index (χ4n) is 1.85. The number of hydrogen-bond acceptors (Lipinski definition) is 6. The Morgan fingerprint density at radius 2 is 2.24 bits per heavy atom. The number of methoxy groups -OCH3 is 1. The number of amides is 1. The summed E-state index contributed by atoms with van der Waals surface area (Å²) >= 11 is 0. The monoisotopic (exact) mass is 288 g/mol. The number of hydrogen-bond donors (Lipinski definition) is 1. The molecule has 108 valence electrons. The molecule has 0 bridgehead atoms. The standard InChI is InChI=1S/C13H12N4O4/c1-20-11(18)7-17-10-6-8(21-5-4-14)2-3-9(10)12(16-17)13(15)19/h2-3,6H,5,7H2,1H3,(H2,15,19). The molecule has 8 nitrogen and oxygen atoms in total. The summed E-state index contributed by atoms with van der Waals surface area (Å²) in [6.07, 6.45) is 0. The van der Waals surface area contributed by atoms with E-state index in [1.165, 1.54) is 11.8 Å². The third-order valence-electron chi connectivity index (χ3n) is 2.77. The van der Waals surface area contributed by atoms with Crippen LogP contribution in [-0.2, 0) is 16.1 Å². The zero-order chi connectivity index (χ0) is 15.4. The first-order valence-corrected chi connectivity index (χ1v) is 5.93. The minimum atomic E-state index is -0.700. The Kier molecular flexibility index (Phi) is 4.04. The van der Waals surface area contributed by atoms with Crippen molar-refractivity contribution in [3.05, 3.63) is 23.9 Å². The molecule has 0 saturated heterocycles. The molecule has 2 rings (SSSR count). The first-order chi connectivity index (χ1) is 10.1. The summed E-state index contributed by atoms with van der Waals surface area (Å²) in [4.78, 5) is 22.8. The van der Waals surface area contributed by atoms with Crippen LogP contribution in [0.4, 0.5) is 0 Å². The van der Waals surface area contributed by atoms with Crippen molar-refractivity contribution in [2.75, 3.05) is 13.7 Å². The largest absolute Gasteiger partial charge is 0.479 e. The van der Waals surface area contributed by atoms with Gasteiger partial charge in [-0.15, -0.1) is 0 Å². The lowest BCUT2D eigenvalue weighted by atomic mass is 10.2. The summed E-state index contributed by atoms with van der Waals surface area (Å²) in [7, 11) is 1.25. The van der Waals surface area contributed by atoms with E-state index in [-0.39, 0.29) is 18.8 Å². The van der Waals surface area contributed by atoms with Crippen LogP contribution in [0.15, 0.2) is 18.2 Å². The number of carbonyl (C=O) groups excluding carboxylic acids is 2. The summed E-state index contributed by atoms with van der Waals surface area (Å²) in [6, 6.07) is 6.62. The molecule has 21 heavy (non-hydrogen) atoms. The van der Waals surface area contributed by atoms with Gasteiger partial charge in [0.05, 0.1) is 12.6 Å². The van der Waals surface area contributed by atoms with Crippen LogP contribution >= 0.6 is 0 Å². The summed E-state index contributed by atoms with van der Waals surface area (Å²) in [5.41, 5.74) is 5.82. The van der Waals surface area contributed by atoms with E-state index >= 15 is 0 Å². The number of nitrogens with two attached hydrogens (primary N) is 1. The highest BCUT2D eigenvalue weighted by Gasteiger charge is 2.17. The Bertz CT molecular complexity index is 744. The van der Waals surface area contributed by atoms with Crippen molar-refractivity contribution in [1.82, 2.24) is 9.78 Å². The Balaban J connectivity index is 2.52. The number of fused-ring (bicyclic) bond motifs is 1.